The van der Waals surface area contributed by atoms with E-state index in [2.05, 4.69) is 98.8 Å². The van der Waals surface area contributed by atoms with Gasteiger partial charge in [0.15, 0.2) is 17.5 Å². The third kappa shape index (κ3) is 7.38. The quantitative estimate of drug-likeness (QED) is 0.163. The first-order valence-electron chi connectivity index (χ1n) is 20.0. The summed E-state index contributed by atoms with van der Waals surface area (Å²) in [5.41, 5.74) is 12.1. The van der Waals surface area contributed by atoms with Gasteiger partial charge in [-0.1, -0.05) is 123 Å². The van der Waals surface area contributed by atoms with Crippen LogP contribution >= 0.6 is 0 Å². The number of aromatic nitrogens is 3. The molecule has 0 aliphatic heterocycles. The van der Waals surface area contributed by atoms with Gasteiger partial charge in [-0.3, -0.25) is 0 Å². The summed E-state index contributed by atoms with van der Waals surface area (Å²) in [6, 6.07) is 54.0. The summed E-state index contributed by atoms with van der Waals surface area (Å²) in [6.45, 7) is 4.91. The fourth-order valence-electron chi connectivity index (χ4n) is 9.80. The zero-order valence-corrected chi connectivity index (χ0v) is 32.4. The van der Waals surface area contributed by atoms with Crippen LogP contribution in [-0.4, -0.2) is 15.0 Å². The van der Waals surface area contributed by atoms with E-state index in [1.165, 1.54) is 43.2 Å². The molecule has 0 N–H and O–H groups in total. The molecule has 0 radical (unpaired) electrons. The normalized spacial score (nSPS) is 20.0. The summed E-state index contributed by atoms with van der Waals surface area (Å²) >= 11 is 0. The molecule has 57 heavy (non-hydrogen) atoms. The number of nitrogens with zero attached hydrogens (tertiary/aromatic N) is 5. The molecule has 2 saturated carbocycles. The van der Waals surface area contributed by atoms with E-state index in [1.807, 2.05) is 72.8 Å². The van der Waals surface area contributed by atoms with Gasteiger partial charge in [-0.2, -0.15) is 10.5 Å². The van der Waals surface area contributed by atoms with Gasteiger partial charge in [0.2, 0.25) is 0 Å². The van der Waals surface area contributed by atoms with Crippen molar-refractivity contribution in [1.29, 1.82) is 10.5 Å². The third-order valence-corrected chi connectivity index (χ3v) is 12.2. The lowest BCUT2D eigenvalue weighted by molar-refractivity contribution is 0.0780. The van der Waals surface area contributed by atoms with Crippen LogP contribution in [-0.2, 0) is 5.41 Å². The van der Waals surface area contributed by atoms with Crippen LogP contribution in [0.15, 0.2) is 146 Å². The molecule has 276 valence electrons. The second-order valence-corrected chi connectivity index (χ2v) is 16.4. The van der Waals surface area contributed by atoms with Crippen molar-refractivity contribution < 1.29 is 0 Å². The first kappa shape index (κ1) is 36.0. The van der Waals surface area contributed by atoms with E-state index in [9.17, 15) is 10.5 Å². The maximum absolute atomic E-state index is 9.32. The minimum atomic E-state index is 0.319. The molecule has 5 heteroatoms. The zero-order chi connectivity index (χ0) is 38.9. The van der Waals surface area contributed by atoms with Crippen LogP contribution in [0.2, 0.25) is 0 Å². The average Bonchev–Trinajstić information content (AvgIpc) is 3.26. The average molecular weight is 738 g/mol. The molecular formula is C52H43N5. The van der Waals surface area contributed by atoms with Crippen LogP contribution in [0.3, 0.4) is 0 Å². The van der Waals surface area contributed by atoms with Gasteiger partial charge < -0.3 is 0 Å². The molecule has 0 spiro atoms. The van der Waals surface area contributed by atoms with Crippen molar-refractivity contribution >= 4 is 0 Å². The summed E-state index contributed by atoms with van der Waals surface area (Å²) in [7, 11) is 0. The Hall–Kier alpha value is -6.69. The molecule has 0 amide bonds. The van der Waals surface area contributed by atoms with E-state index in [0.29, 0.717) is 34.0 Å². The molecule has 7 aromatic rings. The second-order valence-electron chi connectivity index (χ2n) is 16.4. The van der Waals surface area contributed by atoms with Crippen molar-refractivity contribution in [2.45, 2.75) is 51.4 Å². The smallest absolute Gasteiger partial charge is 0.164 e. The molecule has 1 unspecified atom stereocenters. The molecule has 4 atom stereocenters. The minimum absolute atomic E-state index is 0.319. The van der Waals surface area contributed by atoms with Gasteiger partial charge in [0, 0.05) is 16.7 Å². The molecule has 5 nitrogen and oxygen atoms in total. The Morgan fingerprint density at radius 1 is 0.439 bits per heavy atom. The number of hydrogen-bond donors (Lipinski definition) is 0. The molecular weight excluding hydrogens is 695 g/mol. The molecule has 2 aliphatic rings. The molecule has 6 aromatic carbocycles. The lowest BCUT2D eigenvalue weighted by Gasteiger charge is -2.50. The van der Waals surface area contributed by atoms with Crippen molar-refractivity contribution in [3.8, 4) is 79.7 Å². The Balaban J connectivity index is 1.07. The predicted octanol–water partition coefficient (Wildman–Crippen LogP) is 12.7. The minimum Gasteiger partial charge on any atom is -0.208 e. The summed E-state index contributed by atoms with van der Waals surface area (Å²) in [5.74, 6) is 4.18. The summed E-state index contributed by atoms with van der Waals surface area (Å²) in [6.07, 6.45) is 6.72. The van der Waals surface area contributed by atoms with Crippen molar-refractivity contribution in [2.75, 3.05) is 0 Å². The summed E-state index contributed by atoms with van der Waals surface area (Å²) < 4.78 is 0. The molecule has 2 bridgehead atoms. The zero-order valence-electron chi connectivity index (χ0n) is 32.4. The highest BCUT2D eigenvalue weighted by atomic mass is 15.0. The van der Waals surface area contributed by atoms with Crippen LogP contribution in [0, 0.1) is 40.4 Å². The van der Waals surface area contributed by atoms with Crippen LogP contribution in [0.1, 0.15) is 62.6 Å². The molecule has 2 fully saturated rings. The standard InChI is InChI=1S/C52H43N5/c1-34-25-38-26-35(2)30-52(29-34,31-38)48-23-21-40(22-24-48)39-17-19-43(20-18-39)49-55-50(46-7-3-5-44(27-46)41-13-9-36(32-53)10-14-41)57-51(56-49)47-8-4-6-45(28-47)42-15-11-37(33-54)12-16-42/h3-24,27-28,34-35,38H,25-26,29-31H2,1-2H3/t34-,35+,38-,52?. The van der Waals surface area contributed by atoms with Crippen LogP contribution < -0.4 is 0 Å². The van der Waals surface area contributed by atoms with Crippen LogP contribution in [0.5, 0.6) is 0 Å². The van der Waals surface area contributed by atoms with Crippen molar-refractivity contribution in [3.63, 3.8) is 0 Å². The van der Waals surface area contributed by atoms with Gasteiger partial charge in [-0.15, -0.1) is 0 Å². The Labute approximate surface area is 335 Å². The Morgan fingerprint density at radius 2 is 0.807 bits per heavy atom. The number of fused-ring (bicyclic) bond motifs is 2. The first-order chi connectivity index (χ1) is 27.8. The lowest BCUT2D eigenvalue weighted by atomic mass is 9.54. The first-order valence-corrected chi connectivity index (χ1v) is 20.0. The highest BCUT2D eigenvalue weighted by molar-refractivity contribution is 5.76. The van der Waals surface area contributed by atoms with Gasteiger partial charge in [0.05, 0.1) is 23.3 Å². The highest BCUT2D eigenvalue weighted by Gasteiger charge is 2.45. The third-order valence-electron chi connectivity index (χ3n) is 12.2. The lowest BCUT2D eigenvalue weighted by Crippen LogP contribution is -2.42. The van der Waals surface area contributed by atoms with E-state index in [-0.39, 0.29) is 0 Å². The van der Waals surface area contributed by atoms with Crippen LogP contribution in [0.25, 0.3) is 67.5 Å². The molecule has 0 saturated heterocycles. The van der Waals surface area contributed by atoms with Gasteiger partial charge >= 0.3 is 0 Å². The van der Waals surface area contributed by atoms with E-state index in [1.54, 1.807) is 0 Å². The molecule has 1 aromatic heterocycles. The maximum atomic E-state index is 9.32. The predicted molar refractivity (Wildman–Crippen MR) is 228 cm³/mol. The fourth-order valence-corrected chi connectivity index (χ4v) is 9.80. The molecule has 2 aliphatic carbocycles. The van der Waals surface area contributed by atoms with E-state index < -0.39 is 0 Å². The molecule has 1 heterocycles. The highest BCUT2D eigenvalue weighted by Crippen LogP contribution is 2.54. The summed E-state index contributed by atoms with van der Waals surface area (Å²) in [4.78, 5) is 15.2. The van der Waals surface area contributed by atoms with Crippen molar-refractivity contribution in [3.05, 3.63) is 162 Å². The van der Waals surface area contributed by atoms with E-state index >= 15 is 0 Å². The second kappa shape index (κ2) is 15.1. The SMILES string of the molecule is C[C@@H]1C[C@@H]2C[C@H](C)CC(c3ccc(-c4ccc(-c5nc(-c6cccc(-c7ccc(C#N)cc7)c6)nc(-c6cccc(-c7ccc(C#N)cc7)c6)n5)cc4)cc3)(C1)C2. The van der Waals surface area contributed by atoms with Crippen molar-refractivity contribution in [1.82, 2.24) is 15.0 Å². The van der Waals surface area contributed by atoms with Gasteiger partial charge in [-0.05, 0) is 131 Å². The topological polar surface area (TPSA) is 86.2 Å². The monoisotopic (exact) mass is 737 g/mol. The van der Waals surface area contributed by atoms with Gasteiger partial charge in [-0.25, -0.2) is 15.0 Å². The van der Waals surface area contributed by atoms with E-state index in [0.717, 1.165) is 62.3 Å². The Bertz CT molecular complexity index is 2510. The fraction of sp³-hybridized carbons (Fsp3) is 0.212. The number of hydrogen-bond acceptors (Lipinski definition) is 5. The largest absolute Gasteiger partial charge is 0.208 e. The van der Waals surface area contributed by atoms with Crippen molar-refractivity contribution in [2.24, 2.45) is 17.8 Å². The number of nitriles is 2. The number of benzene rings is 6. The van der Waals surface area contributed by atoms with Gasteiger partial charge in [0.25, 0.3) is 0 Å². The summed E-state index contributed by atoms with van der Waals surface area (Å²) in [5, 5.41) is 18.6. The number of rotatable bonds is 7. The van der Waals surface area contributed by atoms with E-state index in [4.69, 9.17) is 15.0 Å². The Kier molecular flexibility index (Phi) is 9.53. The Morgan fingerprint density at radius 3 is 1.26 bits per heavy atom. The maximum Gasteiger partial charge on any atom is 0.164 e. The van der Waals surface area contributed by atoms with Crippen LogP contribution in [0.4, 0.5) is 0 Å². The van der Waals surface area contributed by atoms with Gasteiger partial charge in [0.1, 0.15) is 0 Å². The molecule has 9 rings (SSSR count).